The fraction of sp³-hybridized carbons (Fsp3) is 0.318. The molecule has 1 aromatic heterocycles. The Morgan fingerprint density at radius 1 is 0.968 bits per heavy atom. The Hall–Kier alpha value is -3.27. The van der Waals surface area contributed by atoms with Crippen molar-refractivity contribution in [3.8, 4) is 0 Å². The zero-order valence-corrected chi connectivity index (χ0v) is 17.0. The van der Waals surface area contributed by atoms with Crippen LogP contribution in [0, 0.1) is 0 Å². The van der Waals surface area contributed by atoms with Crippen molar-refractivity contribution in [2.45, 2.75) is 13.1 Å². The van der Waals surface area contributed by atoms with Crippen LogP contribution in [0.15, 0.2) is 58.1 Å². The van der Waals surface area contributed by atoms with Gasteiger partial charge in [0.05, 0.1) is 30.7 Å². The fourth-order valence-corrected chi connectivity index (χ4v) is 3.80. The largest absolute Gasteiger partial charge is 0.379 e. The Balaban J connectivity index is 1.69. The number of nitrogens with one attached hydrogen (secondary N) is 1. The minimum Gasteiger partial charge on any atom is -0.379 e. The summed E-state index contributed by atoms with van der Waals surface area (Å²) in [5, 5.41) is 9.25. The predicted octanol–water partition coefficient (Wildman–Crippen LogP) is 0.663. The zero-order valence-electron chi connectivity index (χ0n) is 17.0. The maximum atomic E-state index is 13.3. The molecule has 1 saturated heterocycles. The van der Waals surface area contributed by atoms with Crippen LogP contribution in [0.25, 0.3) is 10.9 Å². The summed E-state index contributed by atoms with van der Waals surface area (Å²) < 4.78 is 8.24. The minimum atomic E-state index is -0.606. The van der Waals surface area contributed by atoms with Gasteiger partial charge in [-0.1, -0.05) is 24.3 Å². The van der Waals surface area contributed by atoms with E-state index in [4.69, 9.17) is 9.94 Å². The molecule has 0 saturated carbocycles. The molecule has 1 aliphatic heterocycles. The summed E-state index contributed by atoms with van der Waals surface area (Å²) in [5.74, 6) is -0.606. The lowest BCUT2D eigenvalue weighted by molar-refractivity contribution is 0.0361. The summed E-state index contributed by atoms with van der Waals surface area (Å²) in [6.45, 7) is 4.02. The van der Waals surface area contributed by atoms with Crippen LogP contribution < -0.4 is 16.7 Å². The maximum absolute atomic E-state index is 13.3. The monoisotopic (exact) mass is 424 g/mol. The summed E-state index contributed by atoms with van der Waals surface area (Å²) in [7, 11) is 0. The predicted molar refractivity (Wildman–Crippen MR) is 115 cm³/mol. The van der Waals surface area contributed by atoms with E-state index in [1.54, 1.807) is 58.6 Å². The number of hydrogen-bond acceptors (Lipinski definition) is 6. The van der Waals surface area contributed by atoms with Crippen LogP contribution in [0.5, 0.6) is 0 Å². The van der Waals surface area contributed by atoms with Gasteiger partial charge < -0.3 is 4.74 Å². The first-order valence-corrected chi connectivity index (χ1v) is 10.1. The Bertz CT molecular complexity index is 1190. The van der Waals surface area contributed by atoms with Crippen LogP contribution in [0.1, 0.15) is 15.9 Å². The SMILES string of the molecule is O=C(NO)c1ccc(Cn2c(=O)n(CCN3CCOCC3)c(=O)c3ccccc32)cc1. The van der Waals surface area contributed by atoms with E-state index in [-0.39, 0.29) is 17.8 Å². The number of aromatic nitrogens is 2. The van der Waals surface area contributed by atoms with Gasteiger partial charge in [-0.15, -0.1) is 0 Å². The average Bonchev–Trinajstić information content (AvgIpc) is 2.82. The molecule has 1 aliphatic rings. The Morgan fingerprint density at radius 3 is 2.39 bits per heavy atom. The van der Waals surface area contributed by atoms with Gasteiger partial charge in [-0.05, 0) is 29.8 Å². The summed E-state index contributed by atoms with van der Waals surface area (Å²) in [6, 6.07) is 13.7. The van der Waals surface area contributed by atoms with Crippen LogP contribution in [-0.2, 0) is 17.8 Å². The van der Waals surface area contributed by atoms with Gasteiger partial charge in [-0.25, -0.2) is 10.3 Å². The number of benzene rings is 2. The number of amides is 1. The third-order valence-corrected chi connectivity index (χ3v) is 5.53. The molecular weight excluding hydrogens is 400 g/mol. The van der Waals surface area contributed by atoms with E-state index >= 15 is 0 Å². The molecule has 2 N–H and O–H groups in total. The van der Waals surface area contributed by atoms with Crippen molar-refractivity contribution in [1.82, 2.24) is 19.5 Å². The summed E-state index contributed by atoms with van der Waals surface area (Å²) in [6.07, 6.45) is 0. The molecule has 0 bridgehead atoms. The van der Waals surface area contributed by atoms with Gasteiger partial charge in [-0.3, -0.25) is 28.8 Å². The van der Waals surface area contributed by atoms with Gasteiger partial charge in [0, 0.05) is 31.7 Å². The normalized spacial score (nSPS) is 14.6. The van der Waals surface area contributed by atoms with Crippen LogP contribution in [-0.4, -0.2) is 58.0 Å². The number of ether oxygens (including phenoxy) is 1. The van der Waals surface area contributed by atoms with E-state index in [9.17, 15) is 14.4 Å². The molecule has 1 fully saturated rings. The van der Waals surface area contributed by atoms with Gasteiger partial charge >= 0.3 is 5.69 Å². The van der Waals surface area contributed by atoms with Crippen LogP contribution >= 0.6 is 0 Å². The number of hydrogen-bond donors (Lipinski definition) is 2. The highest BCUT2D eigenvalue weighted by atomic mass is 16.5. The third kappa shape index (κ3) is 4.43. The van der Waals surface area contributed by atoms with E-state index in [1.807, 2.05) is 0 Å². The number of para-hydroxylation sites is 1. The molecule has 2 heterocycles. The molecule has 4 rings (SSSR count). The highest BCUT2D eigenvalue weighted by Crippen LogP contribution is 2.11. The lowest BCUT2D eigenvalue weighted by atomic mass is 10.1. The summed E-state index contributed by atoms with van der Waals surface area (Å²) >= 11 is 0. The minimum absolute atomic E-state index is 0.248. The highest BCUT2D eigenvalue weighted by Gasteiger charge is 2.16. The van der Waals surface area contributed by atoms with E-state index in [0.717, 1.165) is 18.7 Å². The van der Waals surface area contributed by atoms with E-state index in [1.165, 1.54) is 4.57 Å². The van der Waals surface area contributed by atoms with E-state index in [2.05, 4.69) is 4.90 Å². The molecule has 0 atom stereocenters. The molecule has 9 heteroatoms. The molecule has 31 heavy (non-hydrogen) atoms. The molecule has 1 amide bonds. The first-order chi connectivity index (χ1) is 15.1. The zero-order chi connectivity index (χ0) is 21.8. The van der Waals surface area contributed by atoms with E-state index < -0.39 is 5.91 Å². The first-order valence-electron chi connectivity index (χ1n) is 10.1. The van der Waals surface area contributed by atoms with Crippen molar-refractivity contribution < 1.29 is 14.7 Å². The number of rotatable bonds is 6. The molecular formula is C22H24N4O5. The van der Waals surface area contributed by atoms with Crippen molar-refractivity contribution in [2.24, 2.45) is 0 Å². The number of nitrogens with zero attached hydrogens (tertiary/aromatic N) is 3. The van der Waals surface area contributed by atoms with Crippen molar-refractivity contribution in [3.63, 3.8) is 0 Å². The number of fused-ring (bicyclic) bond motifs is 1. The highest BCUT2D eigenvalue weighted by molar-refractivity contribution is 5.93. The number of carbonyl (C=O) groups is 1. The Kier molecular flexibility index (Phi) is 6.26. The molecule has 3 aromatic rings. The fourth-order valence-electron chi connectivity index (χ4n) is 3.80. The second-order valence-electron chi connectivity index (χ2n) is 7.43. The van der Waals surface area contributed by atoms with Gasteiger partial charge in [0.2, 0.25) is 0 Å². The topological polar surface area (TPSA) is 106 Å². The smallest absolute Gasteiger partial charge is 0.331 e. The molecule has 0 spiro atoms. The van der Waals surface area contributed by atoms with Crippen molar-refractivity contribution >= 4 is 16.8 Å². The maximum Gasteiger partial charge on any atom is 0.331 e. The van der Waals surface area contributed by atoms with Crippen molar-refractivity contribution in [2.75, 3.05) is 32.8 Å². The van der Waals surface area contributed by atoms with Gasteiger partial charge in [0.25, 0.3) is 11.5 Å². The quantitative estimate of drug-likeness (QED) is 0.445. The second kappa shape index (κ2) is 9.25. The number of carbonyl (C=O) groups excluding carboxylic acids is 1. The van der Waals surface area contributed by atoms with Crippen LogP contribution in [0.4, 0.5) is 0 Å². The van der Waals surface area contributed by atoms with Crippen molar-refractivity contribution in [3.05, 3.63) is 80.5 Å². The second-order valence-corrected chi connectivity index (χ2v) is 7.43. The Morgan fingerprint density at radius 2 is 1.68 bits per heavy atom. The van der Waals surface area contributed by atoms with Crippen LogP contribution in [0.3, 0.4) is 0 Å². The molecule has 0 unspecified atom stereocenters. The van der Waals surface area contributed by atoms with Crippen molar-refractivity contribution in [1.29, 1.82) is 0 Å². The lowest BCUT2D eigenvalue weighted by Crippen LogP contribution is -2.44. The van der Waals surface area contributed by atoms with E-state index in [0.29, 0.717) is 42.8 Å². The Labute approximate surface area is 178 Å². The molecule has 9 nitrogen and oxygen atoms in total. The summed E-state index contributed by atoms with van der Waals surface area (Å²) in [5.41, 5.74) is 2.60. The number of morpholine rings is 1. The molecule has 0 aliphatic carbocycles. The molecule has 162 valence electrons. The standard InChI is InChI=1S/C22H24N4O5/c27-20(23-30)17-7-5-16(6-8-17)15-26-19-4-2-1-3-18(19)21(28)25(22(26)29)10-9-24-11-13-31-14-12-24/h1-8,30H,9-15H2,(H,23,27). The van der Waals surface area contributed by atoms with Crippen LogP contribution in [0.2, 0.25) is 0 Å². The average molecular weight is 424 g/mol. The third-order valence-electron chi connectivity index (χ3n) is 5.53. The number of hydroxylamine groups is 1. The molecule has 2 aromatic carbocycles. The van der Waals surface area contributed by atoms with Gasteiger partial charge in [0.1, 0.15) is 0 Å². The molecule has 0 radical (unpaired) electrons. The first kappa shape index (κ1) is 21.0. The van der Waals surface area contributed by atoms with Gasteiger partial charge in [-0.2, -0.15) is 0 Å². The van der Waals surface area contributed by atoms with Gasteiger partial charge in [0.15, 0.2) is 0 Å². The summed E-state index contributed by atoms with van der Waals surface area (Å²) in [4.78, 5) is 40.0. The lowest BCUT2D eigenvalue weighted by Gasteiger charge is -2.26.